The number of carboxylic acids is 4. The van der Waals surface area contributed by atoms with Crippen LogP contribution in [0.2, 0.25) is 0 Å². The predicted molar refractivity (Wildman–Crippen MR) is 166 cm³/mol. The van der Waals surface area contributed by atoms with E-state index < -0.39 is 23.9 Å². The van der Waals surface area contributed by atoms with Gasteiger partial charge in [-0.3, -0.25) is 4.99 Å². The summed E-state index contributed by atoms with van der Waals surface area (Å²) >= 11 is 1.80. The second-order valence-electron chi connectivity index (χ2n) is 9.65. The van der Waals surface area contributed by atoms with Gasteiger partial charge >= 0.3 is 23.9 Å². The Morgan fingerprint density at radius 3 is 1.98 bits per heavy atom. The van der Waals surface area contributed by atoms with Crippen molar-refractivity contribution in [3.05, 3.63) is 83.2 Å². The molecule has 44 heavy (non-hydrogen) atoms. The molecule has 0 spiro atoms. The lowest BCUT2D eigenvalue weighted by Crippen LogP contribution is -2.37. The summed E-state index contributed by atoms with van der Waals surface area (Å²) in [6.07, 6.45) is 5.59. The van der Waals surface area contributed by atoms with E-state index in [9.17, 15) is 19.2 Å². The van der Waals surface area contributed by atoms with Crippen LogP contribution >= 0.6 is 11.3 Å². The second-order valence-corrected chi connectivity index (χ2v) is 10.7. The van der Waals surface area contributed by atoms with E-state index in [1.807, 2.05) is 6.07 Å². The van der Waals surface area contributed by atoms with E-state index >= 15 is 0 Å². The molecule has 1 saturated heterocycles. The highest BCUT2D eigenvalue weighted by atomic mass is 32.1. The van der Waals surface area contributed by atoms with Crippen LogP contribution in [0.4, 0.5) is 0 Å². The third-order valence-corrected chi connectivity index (χ3v) is 7.31. The maximum atomic E-state index is 9.55. The zero-order valence-corrected chi connectivity index (χ0v) is 25.4. The van der Waals surface area contributed by atoms with Gasteiger partial charge in [-0.1, -0.05) is 35.6 Å². The van der Waals surface area contributed by atoms with Crippen LogP contribution in [0.25, 0.3) is 10.2 Å². The van der Waals surface area contributed by atoms with Gasteiger partial charge in [0.15, 0.2) is 4.80 Å². The van der Waals surface area contributed by atoms with Crippen molar-refractivity contribution in [3.63, 3.8) is 0 Å². The van der Waals surface area contributed by atoms with Gasteiger partial charge in [-0.05, 0) is 56.0 Å². The molecule has 1 aliphatic rings. The topological polar surface area (TPSA) is 179 Å². The number of hydrogen-bond donors (Lipinski definition) is 4. The van der Waals surface area contributed by atoms with Crippen LogP contribution in [0, 0.1) is 6.92 Å². The van der Waals surface area contributed by atoms with E-state index in [1.165, 1.54) is 15.8 Å². The molecule has 3 aromatic rings. The first-order chi connectivity index (χ1) is 20.9. The van der Waals surface area contributed by atoms with Crippen molar-refractivity contribution in [2.45, 2.75) is 32.2 Å². The van der Waals surface area contributed by atoms with Gasteiger partial charge in [0.2, 0.25) is 0 Å². The minimum absolute atomic E-state index is 0.444. The maximum Gasteiger partial charge on any atom is 0.328 e. The fraction of sp³-hybridized carbons (Fsp3) is 0.323. The van der Waals surface area contributed by atoms with Crippen molar-refractivity contribution >= 4 is 45.4 Å². The Bertz CT molecular complexity index is 1470. The molecular formula is C31H37N3O9S. The van der Waals surface area contributed by atoms with Crippen molar-refractivity contribution in [3.8, 4) is 5.75 Å². The average molecular weight is 628 g/mol. The summed E-state index contributed by atoms with van der Waals surface area (Å²) in [6.45, 7) is 6.25. The number of thiazole rings is 1. The van der Waals surface area contributed by atoms with Gasteiger partial charge in [0.25, 0.3) is 0 Å². The smallest absolute Gasteiger partial charge is 0.328 e. The number of carboxylic acid groups (broad SMARTS) is 4. The van der Waals surface area contributed by atoms with Gasteiger partial charge < -0.3 is 34.6 Å². The highest BCUT2D eigenvalue weighted by Gasteiger charge is 2.18. The summed E-state index contributed by atoms with van der Waals surface area (Å²) in [5, 5.41) is 31.2. The Labute approximate surface area is 258 Å². The number of carbonyl (C=O) groups is 4. The van der Waals surface area contributed by atoms with E-state index in [2.05, 4.69) is 65.9 Å². The number of piperidine rings is 1. The number of hydrogen-bond acceptors (Lipinski definition) is 8. The van der Waals surface area contributed by atoms with Gasteiger partial charge in [-0.2, -0.15) is 0 Å². The van der Waals surface area contributed by atoms with Gasteiger partial charge in [-0.15, -0.1) is 0 Å². The number of benzene rings is 2. The zero-order chi connectivity index (χ0) is 32.5. The molecule has 4 N–H and O–H groups in total. The maximum absolute atomic E-state index is 9.55. The third-order valence-electron chi connectivity index (χ3n) is 6.18. The molecule has 1 aromatic heterocycles. The predicted octanol–water partition coefficient (Wildman–Crippen LogP) is 3.81. The van der Waals surface area contributed by atoms with E-state index in [4.69, 9.17) is 30.2 Å². The molecule has 2 aromatic carbocycles. The van der Waals surface area contributed by atoms with Crippen LogP contribution in [-0.4, -0.2) is 86.1 Å². The molecular weight excluding hydrogens is 590 g/mol. The van der Waals surface area contributed by atoms with Crippen LogP contribution in [0.1, 0.15) is 24.8 Å². The lowest BCUT2D eigenvalue weighted by molar-refractivity contribution is -0.134. The Morgan fingerprint density at radius 2 is 1.45 bits per heavy atom. The number of aromatic nitrogens is 1. The van der Waals surface area contributed by atoms with Crippen molar-refractivity contribution in [1.29, 1.82) is 0 Å². The highest BCUT2D eigenvalue weighted by molar-refractivity contribution is 7.16. The lowest BCUT2D eigenvalue weighted by atomic mass is 10.1. The van der Waals surface area contributed by atoms with Crippen molar-refractivity contribution in [1.82, 2.24) is 9.47 Å². The van der Waals surface area contributed by atoms with Crippen LogP contribution in [-0.2, 0) is 26.2 Å². The quantitative estimate of drug-likeness (QED) is 0.191. The first-order valence-electron chi connectivity index (χ1n) is 13.7. The SMILES string of the molecule is Cc1cccc(OCCCN2CCC(N=c3sc4ccccc4n3C)CC2)c1.O=C(O)C=CC(=O)O.O=C(O)C=CC(=O)O. The molecule has 1 aliphatic heterocycles. The summed E-state index contributed by atoms with van der Waals surface area (Å²) in [5.74, 6) is -4.05. The summed E-state index contributed by atoms with van der Waals surface area (Å²) in [7, 11) is 2.13. The Kier molecular flexibility index (Phi) is 15.1. The molecule has 13 heteroatoms. The van der Waals surface area contributed by atoms with Crippen molar-refractivity contribution in [2.24, 2.45) is 12.0 Å². The number of likely N-dealkylation sites (tertiary alicyclic amines) is 1. The van der Waals surface area contributed by atoms with E-state index in [1.54, 1.807) is 11.3 Å². The Morgan fingerprint density at radius 1 is 0.886 bits per heavy atom. The lowest BCUT2D eigenvalue weighted by Gasteiger charge is -2.29. The molecule has 2 heterocycles. The molecule has 4 rings (SSSR count). The highest BCUT2D eigenvalue weighted by Crippen LogP contribution is 2.18. The average Bonchev–Trinajstić information content (AvgIpc) is 3.29. The van der Waals surface area contributed by atoms with E-state index in [0.717, 1.165) is 56.1 Å². The molecule has 0 saturated carbocycles. The molecule has 0 radical (unpaired) electrons. The van der Waals surface area contributed by atoms with Crippen LogP contribution in [0.3, 0.4) is 0 Å². The number of ether oxygens (including phenoxy) is 1. The summed E-state index contributed by atoms with van der Waals surface area (Å²) < 4.78 is 9.42. The fourth-order valence-corrected chi connectivity index (χ4v) is 5.19. The first-order valence-corrected chi connectivity index (χ1v) is 14.5. The second kappa shape index (κ2) is 18.7. The molecule has 0 aliphatic carbocycles. The van der Waals surface area contributed by atoms with Crippen molar-refractivity contribution < 1.29 is 44.3 Å². The van der Waals surface area contributed by atoms with Crippen LogP contribution < -0.4 is 9.54 Å². The van der Waals surface area contributed by atoms with Gasteiger partial charge in [0.05, 0.1) is 22.9 Å². The number of para-hydroxylation sites is 1. The monoisotopic (exact) mass is 627 g/mol. The van der Waals surface area contributed by atoms with Gasteiger partial charge in [0.1, 0.15) is 5.75 Å². The normalized spacial score (nSPS) is 14.1. The zero-order valence-electron chi connectivity index (χ0n) is 24.5. The molecule has 0 unspecified atom stereocenters. The number of fused-ring (bicyclic) bond motifs is 1. The van der Waals surface area contributed by atoms with Crippen LogP contribution in [0.5, 0.6) is 5.75 Å². The molecule has 236 valence electrons. The van der Waals surface area contributed by atoms with Crippen LogP contribution in [0.15, 0.2) is 77.8 Å². The number of rotatable bonds is 10. The summed E-state index contributed by atoms with van der Waals surface area (Å²) in [5.41, 5.74) is 2.52. The molecule has 0 bridgehead atoms. The minimum Gasteiger partial charge on any atom is -0.494 e. The number of nitrogens with zero attached hydrogens (tertiary/aromatic N) is 3. The number of aryl methyl sites for hydroxylation is 2. The van der Waals surface area contributed by atoms with Gasteiger partial charge in [0, 0.05) is 51.0 Å². The summed E-state index contributed by atoms with van der Waals surface area (Å²) in [4.78, 5) is 47.0. The molecule has 12 nitrogen and oxygen atoms in total. The minimum atomic E-state index is -1.26. The van der Waals surface area contributed by atoms with E-state index in [0.29, 0.717) is 30.3 Å². The fourth-order valence-electron chi connectivity index (χ4n) is 4.10. The largest absolute Gasteiger partial charge is 0.494 e. The first kappa shape index (κ1) is 35.4. The van der Waals surface area contributed by atoms with Gasteiger partial charge in [-0.25, -0.2) is 19.2 Å². The molecule has 0 amide bonds. The Balaban J connectivity index is 0.000000349. The summed E-state index contributed by atoms with van der Waals surface area (Å²) in [6, 6.07) is 17.3. The molecule has 0 atom stereocenters. The Hall–Kier alpha value is -4.75. The van der Waals surface area contributed by atoms with Crippen molar-refractivity contribution in [2.75, 3.05) is 26.2 Å². The standard InChI is InChI=1S/C23H29N3OS.2C4H4O4/c1-18-7-5-8-20(17-18)27-16-6-13-26-14-11-19(12-15-26)24-23-25(2)21-9-3-4-10-22(21)28-23;2*5-3(6)1-2-4(7)8/h3-5,7-10,17,19H,6,11-16H2,1-2H3;2*1-2H,(H,5,6)(H,7,8). The van der Waals surface area contributed by atoms with E-state index in [-0.39, 0.29) is 0 Å². The number of aliphatic carboxylic acids is 4. The third kappa shape index (κ3) is 13.9. The molecule has 1 fully saturated rings.